The lowest BCUT2D eigenvalue weighted by Crippen LogP contribution is -2.08. The fraction of sp³-hybridized carbons (Fsp3) is 0.333. The highest BCUT2D eigenvalue weighted by Crippen LogP contribution is 2.29. The topological polar surface area (TPSA) is 12.5 Å². The van der Waals surface area contributed by atoms with Gasteiger partial charge in [0.05, 0.1) is 0 Å². The van der Waals surface area contributed by atoms with Crippen LogP contribution in [0, 0.1) is 0 Å². The summed E-state index contributed by atoms with van der Waals surface area (Å²) in [5, 5.41) is 5.46. The predicted octanol–water partition coefficient (Wildman–Crippen LogP) is 7.42. The number of anilines is 1. The molecule has 0 N–H and O–H groups in total. The second-order valence-corrected chi connectivity index (χ2v) is 8.89. The van der Waals surface area contributed by atoms with Gasteiger partial charge in [0.15, 0.2) is 0 Å². The molecule has 0 spiro atoms. The van der Waals surface area contributed by atoms with Crippen molar-refractivity contribution in [2.45, 2.75) is 38.5 Å². The van der Waals surface area contributed by atoms with Crippen molar-refractivity contribution in [3.05, 3.63) is 90.0 Å². The molecule has 0 saturated heterocycles. The number of nitrogens with zero attached hydrogens (tertiary/aromatic N) is 1. The average Bonchev–Trinajstić information content (AvgIpc) is 2.83. The highest BCUT2D eigenvalue weighted by molar-refractivity contribution is 6.08. The SMILES string of the molecule is CN(C)c1ccc(CCCCOCCCCc2cc3ccccc3c3ccccc23)cc1. The lowest BCUT2D eigenvalue weighted by Gasteiger charge is -2.12. The number of hydrogen-bond acceptors (Lipinski definition) is 2. The van der Waals surface area contributed by atoms with Gasteiger partial charge < -0.3 is 9.64 Å². The van der Waals surface area contributed by atoms with Crippen LogP contribution in [0.5, 0.6) is 0 Å². The molecular formula is C30H35NO. The third kappa shape index (κ3) is 5.69. The summed E-state index contributed by atoms with van der Waals surface area (Å²) in [6, 6.07) is 28.8. The zero-order valence-electron chi connectivity index (χ0n) is 19.5. The molecule has 0 atom stereocenters. The highest BCUT2D eigenvalue weighted by Gasteiger charge is 2.06. The normalized spacial score (nSPS) is 11.3. The molecule has 0 amide bonds. The largest absolute Gasteiger partial charge is 0.381 e. The Bertz CT molecular complexity index is 1130. The molecule has 0 aliphatic rings. The van der Waals surface area contributed by atoms with Crippen molar-refractivity contribution in [2.24, 2.45) is 0 Å². The zero-order valence-corrected chi connectivity index (χ0v) is 19.5. The molecule has 166 valence electrons. The Balaban J connectivity index is 1.16. The molecule has 32 heavy (non-hydrogen) atoms. The molecule has 0 aromatic heterocycles. The van der Waals surface area contributed by atoms with Crippen LogP contribution in [0.1, 0.15) is 36.8 Å². The maximum absolute atomic E-state index is 5.91. The Hall–Kier alpha value is -2.84. The van der Waals surface area contributed by atoms with Crippen molar-refractivity contribution >= 4 is 27.2 Å². The zero-order chi connectivity index (χ0) is 22.2. The van der Waals surface area contributed by atoms with Crippen LogP contribution >= 0.6 is 0 Å². The molecule has 4 rings (SSSR count). The van der Waals surface area contributed by atoms with Crippen LogP contribution in [-0.4, -0.2) is 27.3 Å². The Morgan fingerprint density at radius 1 is 0.625 bits per heavy atom. The van der Waals surface area contributed by atoms with Gasteiger partial charge in [-0.15, -0.1) is 0 Å². The lowest BCUT2D eigenvalue weighted by atomic mass is 9.95. The smallest absolute Gasteiger partial charge is 0.0466 e. The minimum absolute atomic E-state index is 0.864. The van der Waals surface area contributed by atoms with Gasteiger partial charge in [0, 0.05) is 33.0 Å². The number of hydrogen-bond donors (Lipinski definition) is 0. The van der Waals surface area contributed by atoms with Crippen LogP contribution in [0.15, 0.2) is 78.9 Å². The first-order valence-electron chi connectivity index (χ1n) is 12.0. The minimum Gasteiger partial charge on any atom is -0.381 e. The monoisotopic (exact) mass is 425 g/mol. The van der Waals surface area contributed by atoms with Gasteiger partial charge in [-0.2, -0.15) is 0 Å². The maximum atomic E-state index is 5.91. The number of ether oxygens (including phenoxy) is 1. The van der Waals surface area contributed by atoms with Gasteiger partial charge in [-0.25, -0.2) is 0 Å². The Morgan fingerprint density at radius 2 is 1.25 bits per heavy atom. The maximum Gasteiger partial charge on any atom is 0.0466 e. The lowest BCUT2D eigenvalue weighted by molar-refractivity contribution is 0.127. The molecule has 2 nitrogen and oxygen atoms in total. The van der Waals surface area contributed by atoms with E-state index in [0.717, 1.165) is 38.9 Å². The first kappa shape index (κ1) is 22.4. The fourth-order valence-electron chi connectivity index (χ4n) is 4.45. The summed E-state index contributed by atoms with van der Waals surface area (Å²) < 4.78 is 5.91. The predicted molar refractivity (Wildman–Crippen MR) is 139 cm³/mol. The number of unbranched alkanes of at least 4 members (excludes halogenated alkanes) is 2. The molecule has 0 fully saturated rings. The summed E-state index contributed by atoms with van der Waals surface area (Å²) in [7, 11) is 4.16. The summed E-state index contributed by atoms with van der Waals surface area (Å²) in [4.78, 5) is 2.14. The second kappa shape index (κ2) is 11.2. The quantitative estimate of drug-likeness (QED) is 0.183. The van der Waals surface area contributed by atoms with E-state index in [1.54, 1.807) is 0 Å². The van der Waals surface area contributed by atoms with Crippen LogP contribution in [0.2, 0.25) is 0 Å². The number of fused-ring (bicyclic) bond motifs is 3. The molecular weight excluding hydrogens is 390 g/mol. The highest BCUT2D eigenvalue weighted by atomic mass is 16.5. The van der Waals surface area contributed by atoms with Crippen LogP contribution in [0.25, 0.3) is 21.5 Å². The summed E-state index contributed by atoms with van der Waals surface area (Å²) in [6.07, 6.45) is 6.84. The van der Waals surface area contributed by atoms with Crippen LogP contribution < -0.4 is 4.90 Å². The molecule has 0 bridgehead atoms. The van der Waals surface area contributed by atoms with E-state index in [0.29, 0.717) is 0 Å². The Labute approximate surface area is 192 Å². The van der Waals surface area contributed by atoms with Gasteiger partial charge in [-0.3, -0.25) is 0 Å². The number of aryl methyl sites for hydroxylation is 2. The van der Waals surface area contributed by atoms with E-state index in [2.05, 4.69) is 97.9 Å². The molecule has 0 saturated carbocycles. The van der Waals surface area contributed by atoms with E-state index in [1.165, 1.54) is 51.2 Å². The molecule has 4 aromatic rings. The van der Waals surface area contributed by atoms with Gasteiger partial charge in [-0.1, -0.05) is 66.7 Å². The Kier molecular flexibility index (Phi) is 7.79. The van der Waals surface area contributed by atoms with Crippen LogP contribution in [0.3, 0.4) is 0 Å². The minimum atomic E-state index is 0.864. The summed E-state index contributed by atoms with van der Waals surface area (Å²) in [5.74, 6) is 0. The van der Waals surface area contributed by atoms with E-state index < -0.39 is 0 Å². The van der Waals surface area contributed by atoms with Crippen molar-refractivity contribution in [1.29, 1.82) is 0 Å². The molecule has 0 aliphatic carbocycles. The van der Waals surface area contributed by atoms with E-state index in [-0.39, 0.29) is 0 Å². The van der Waals surface area contributed by atoms with Crippen LogP contribution in [0.4, 0.5) is 5.69 Å². The van der Waals surface area contributed by atoms with Crippen molar-refractivity contribution in [3.63, 3.8) is 0 Å². The van der Waals surface area contributed by atoms with Crippen molar-refractivity contribution in [1.82, 2.24) is 0 Å². The fourth-order valence-corrected chi connectivity index (χ4v) is 4.45. The van der Waals surface area contributed by atoms with Gasteiger partial charge in [-0.05, 0) is 83.3 Å². The van der Waals surface area contributed by atoms with Gasteiger partial charge >= 0.3 is 0 Å². The number of rotatable bonds is 11. The molecule has 0 unspecified atom stereocenters. The number of benzene rings is 4. The third-order valence-electron chi connectivity index (χ3n) is 6.30. The molecule has 2 heteroatoms. The first-order valence-corrected chi connectivity index (χ1v) is 12.0. The Morgan fingerprint density at radius 3 is 1.97 bits per heavy atom. The second-order valence-electron chi connectivity index (χ2n) is 8.89. The van der Waals surface area contributed by atoms with E-state index in [4.69, 9.17) is 4.74 Å². The standard InChI is InChI=1S/C30H35NO/c1-31(2)27-19-17-24(18-20-27)11-7-9-21-32-22-10-8-13-26-23-25-12-3-4-14-28(25)30-16-6-5-15-29(26)30/h3-6,12,14-20,23H,7-11,13,21-22H2,1-2H3. The first-order chi connectivity index (χ1) is 15.7. The van der Waals surface area contributed by atoms with Crippen LogP contribution in [-0.2, 0) is 17.6 Å². The average molecular weight is 426 g/mol. The van der Waals surface area contributed by atoms with E-state index in [9.17, 15) is 0 Å². The molecule has 0 radical (unpaired) electrons. The van der Waals surface area contributed by atoms with E-state index in [1.807, 2.05) is 0 Å². The molecule has 0 aliphatic heterocycles. The van der Waals surface area contributed by atoms with Gasteiger partial charge in [0.2, 0.25) is 0 Å². The van der Waals surface area contributed by atoms with Crippen molar-refractivity contribution in [2.75, 3.05) is 32.2 Å². The molecule has 4 aromatic carbocycles. The van der Waals surface area contributed by atoms with Gasteiger partial charge in [0.1, 0.15) is 0 Å². The van der Waals surface area contributed by atoms with Gasteiger partial charge in [0.25, 0.3) is 0 Å². The molecule has 0 heterocycles. The van der Waals surface area contributed by atoms with Crippen molar-refractivity contribution in [3.8, 4) is 0 Å². The third-order valence-corrected chi connectivity index (χ3v) is 6.30. The van der Waals surface area contributed by atoms with Crippen molar-refractivity contribution < 1.29 is 4.74 Å². The summed E-state index contributed by atoms with van der Waals surface area (Å²) in [5.41, 5.74) is 4.13. The summed E-state index contributed by atoms with van der Waals surface area (Å²) >= 11 is 0. The van der Waals surface area contributed by atoms with E-state index >= 15 is 0 Å². The summed E-state index contributed by atoms with van der Waals surface area (Å²) in [6.45, 7) is 1.73.